The second kappa shape index (κ2) is 14.9. The van der Waals surface area contributed by atoms with Crippen molar-refractivity contribution in [1.82, 2.24) is 16.0 Å². The number of hydrogen-bond donors (Lipinski definition) is 7. The topological polar surface area (TPSA) is 197 Å². The number of nitrogens with two attached hydrogens (primary N) is 2. The van der Waals surface area contributed by atoms with E-state index in [1.54, 1.807) is 12.1 Å². The van der Waals surface area contributed by atoms with Gasteiger partial charge in [0.2, 0.25) is 17.7 Å². The normalized spacial score (nSPS) is 14.5. The predicted octanol–water partition coefficient (Wildman–Crippen LogP) is -0.00400. The molecule has 0 heterocycles. The molecule has 0 radical (unpaired) electrons. The molecule has 0 aromatic heterocycles. The summed E-state index contributed by atoms with van der Waals surface area (Å²) in [7, 11) is 0. The van der Waals surface area contributed by atoms with Crippen molar-refractivity contribution in [3.63, 3.8) is 0 Å². The van der Waals surface area contributed by atoms with Crippen LogP contribution >= 0.6 is 0 Å². The van der Waals surface area contributed by atoms with Crippen molar-refractivity contribution in [2.24, 2.45) is 17.4 Å². The van der Waals surface area contributed by atoms with E-state index in [1.807, 2.05) is 13.8 Å². The standard InChI is InChI=1S/C24H39N5O6/c1-14(2)12-20(24(34)35)29-21(31)15(3)27-23(33)19(6-4-5-11-25)28-22(32)18(26)13-16-7-9-17(30)10-8-16/h7-10,14-15,18-20,30H,4-6,11-13,25-26H2,1-3H3,(H,27,33)(H,28,32)(H,29,31)(H,34,35). The zero-order chi connectivity index (χ0) is 26.5. The summed E-state index contributed by atoms with van der Waals surface area (Å²) >= 11 is 0. The van der Waals surface area contributed by atoms with E-state index in [0.717, 1.165) is 5.56 Å². The molecule has 9 N–H and O–H groups in total. The lowest BCUT2D eigenvalue weighted by molar-refractivity contribution is -0.142. The first-order valence-electron chi connectivity index (χ1n) is 11.8. The molecule has 0 aliphatic heterocycles. The van der Waals surface area contributed by atoms with E-state index in [2.05, 4.69) is 16.0 Å². The molecule has 3 amide bonds. The third kappa shape index (κ3) is 11.2. The van der Waals surface area contributed by atoms with Gasteiger partial charge >= 0.3 is 5.97 Å². The second-order valence-corrected chi connectivity index (χ2v) is 9.08. The molecule has 0 fully saturated rings. The molecule has 35 heavy (non-hydrogen) atoms. The van der Waals surface area contributed by atoms with Gasteiger partial charge in [0.1, 0.15) is 23.9 Å². The summed E-state index contributed by atoms with van der Waals surface area (Å²) in [5.41, 5.74) is 12.3. The van der Waals surface area contributed by atoms with Gasteiger partial charge in [0.15, 0.2) is 0 Å². The van der Waals surface area contributed by atoms with Crippen molar-refractivity contribution in [1.29, 1.82) is 0 Å². The van der Waals surface area contributed by atoms with E-state index in [-0.39, 0.29) is 24.5 Å². The summed E-state index contributed by atoms with van der Waals surface area (Å²) in [5.74, 6) is -2.76. The molecule has 0 saturated heterocycles. The van der Waals surface area contributed by atoms with Crippen LogP contribution in [0, 0.1) is 5.92 Å². The molecule has 1 aromatic rings. The maximum Gasteiger partial charge on any atom is 0.326 e. The second-order valence-electron chi connectivity index (χ2n) is 9.08. The lowest BCUT2D eigenvalue weighted by Gasteiger charge is -2.24. The highest BCUT2D eigenvalue weighted by molar-refractivity contribution is 5.93. The van der Waals surface area contributed by atoms with Crippen LogP contribution in [0.1, 0.15) is 52.0 Å². The first-order valence-corrected chi connectivity index (χ1v) is 11.8. The van der Waals surface area contributed by atoms with Crippen molar-refractivity contribution in [2.75, 3.05) is 6.54 Å². The van der Waals surface area contributed by atoms with Gasteiger partial charge in [-0.2, -0.15) is 0 Å². The van der Waals surface area contributed by atoms with Crippen LogP contribution < -0.4 is 27.4 Å². The van der Waals surface area contributed by atoms with Gasteiger partial charge in [-0.25, -0.2) is 4.79 Å². The average molecular weight is 494 g/mol. The minimum atomic E-state index is -1.15. The summed E-state index contributed by atoms with van der Waals surface area (Å²) in [6, 6.07) is 2.32. The van der Waals surface area contributed by atoms with E-state index in [0.29, 0.717) is 25.8 Å². The number of carboxylic acids is 1. The lowest BCUT2D eigenvalue weighted by atomic mass is 10.0. The van der Waals surface area contributed by atoms with Crippen molar-refractivity contribution in [3.8, 4) is 5.75 Å². The van der Waals surface area contributed by atoms with Crippen LogP contribution in [0.2, 0.25) is 0 Å². The number of hydrogen-bond acceptors (Lipinski definition) is 7. The highest BCUT2D eigenvalue weighted by Crippen LogP contribution is 2.11. The maximum atomic E-state index is 12.9. The van der Waals surface area contributed by atoms with E-state index >= 15 is 0 Å². The number of phenolic OH excluding ortho intramolecular Hbond substituents is 1. The van der Waals surface area contributed by atoms with Gasteiger partial charge < -0.3 is 37.6 Å². The number of nitrogens with one attached hydrogen (secondary N) is 3. The number of benzene rings is 1. The molecule has 1 rings (SSSR count). The minimum absolute atomic E-state index is 0.0502. The Bertz CT molecular complexity index is 845. The first-order chi connectivity index (χ1) is 16.4. The van der Waals surface area contributed by atoms with Gasteiger partial charge in [-0.3, -0.25) is 14.4 Å². The predicted molar refractivity (Wildman–Crippen MR) is 131 cm³/mol. The van der Waals surface area contributed by atoms with Crippen LogP contribution in [0.15, 0.2) is 24.3 Å². The molecule has 1 aromatic carbocycles. The van der Waals surface area contributed by atoms with Gasteiger partial charge in [-0.1, -0.05) is 26.0 Å². The summed E-state index contributed by atoms with van der Waals surface area (Å²) < 4.78 is 0. The number of phenols is 1. The minimum Gasteiger partial charge on any atom is -0.508 e. The van der Waals surface area contributed by atoms with Gasteiger partial charge in [0, 0.05) is 0 Å². The summed E-state index contributed by atoms with van der Waals surface area (Å²) in [5, 5.41) is 26.3. The van der Waals surface area contributed by atoms with Crippen molar-refractivity contribution < 1.29 is 29.4 Å². The fourth-order valence-electron chi connectivity index (χ4n) is 3.39. The van der Waals surface area contributed by atoms with Gasteiger partial charge in [0.25, 0.3) is 0 Å². The highest BCUT2D eigenvalue weighted by atomic mass is 16.4. The number of rotatable bonds is 15. The first kappa shape index (κ1) is 29.9. The number of aromatic hydroxyl groups is 1. The number of carboxylic acid groups (broad SMARTS) is 1. The Kier molecular flexibility index (Phi) is 12.7. The highest BCUT2D eigenvalue weighted by Gasteiger charge is 2.28. The molecule has 0 aliphatic rings. The number of aliphatic carboxylic acids is 1. The maximum absolute atomic E-state index is 12.9. The fraction of sp³-hybridized carbons (Fsp3) is 0.583. The molecule has 4 atom stereocenters. The van der Waals surface area contributed by atoms with E-state index < -0.39 is 47.9 Å². The molecule has 0 bridgehead atoms. The van der Waals surface area contributed by atoms with Crippen molar-refractivity contribution in [3.05, 3.63) is 29.8 Å². The van der Waals surface area contributed by atoms with Crippen LogP contribution in [-0.4, -0.2) is 64.6 Å². The Balaban J connectivity index is 2.78. The molecule has 0 saturated carbocycles. The Morgan fingerprint density at radius 2 is 1.49 bits per heavy atom. The van der Waals surface area contributed by atoms with Gasteiger partial charge in [-0.15, -0.1) is 0 Å². The molecule has 0 spiro atoms. The van der Waals surface area contributed by atoms with Crippen molar-refractivity contribution in [2.45, 2.75) is 77.0 Å². The molecule has 0 aliphatic carbocycles. The number of carbonyl (C=O) groups excluding carboxylic acids is 3. The monoisotopic (exact) mass is 493 g/mol. The number of unbranched alkanes of at least 4 members (excludes halogenated alkanes) is 1. The summed E-state index contributed by atoms with van der Waals surface area (Å²) in [4.78, 5) is 49.5. The SMILES string of the molecule is CC(C)CC(NC(=O)C(C)NC(=O)C(CCCCN)NC(=O)C(N)Cc1ccc(O)cc1)C(=O)O. The summed E-state index contributed by atoms with van der Waals surface area (Å²) in [6.45, 7) is 5.55. The fourth-order valence-corrected chi connectivity index (χ4v) is 3.39. The Morgan fingerprint density at radius 1 is 0.886 bits per heavy atom. The van der Waals surface area contributed by atoms with Crippen LogP contribution in [-0.2, 0) is 25.6 Å². The average Bonchev–Trinajstić information content (AvgIpc) is 2.78. The Hall–Kier alpha value is -3.18. The molecule has 196 valence electrons. The zero-order valence-corrected chi connectivity index (χ0v) is 20.6. The molecular formula is C24H39N5O6. The van der Waals surface area contributed by atoms with Gasteiger partial charge in [-0.05, 0) is 69.2 Å². The van der Waals surface area contributed by atoms with E-state index in [4.69, 9.17) is 11.5 Å². The zero-order valence-electron chi connectivity index (χ0n) is 20.6. The summed E-state index contributed by atoms with van der Waals surface area (Å²) in [6.07, 6.45) is 1.95. The number of carbonyl (C=O) groups is 4. The van der Waals surface area contributed by atoms with Crippen LogP contribution in [0.25, 0.3) is 0 Å². The number of amides is 3. The Morgan fingerprint density at radius 3 is 2.03 bits per heavy atom. The van der Waals surface area contributed by atoms with Crippen molar-refractivity contribution >= 4 is 23.7 Å². The largest absolute Gasteiger partial charge is 0.508 e. The van der Waals surface area contributed by atoms with Gasteiger partial charge in [0.05, 0.1) is 6.04 Å². The molecule has 11 heteroatoms. The molecule has 11 nitrogen and oxygen atoms in total. The van der Waals surface area contributed by atoms with E-state index in [1.165, 1.54) is 19.1 Å². The third-order valence-corrected chi connectivity index (χ3v) is 5.38. The lowest BCUT2D eigenvalue weighted by Crippen LogP contribution is -2.56. The van der Waals surface area contributed by atoms with E-state index in [9.17, 15) is 29.4 Å². The van der Waals surface area contributed by atoms with Crippen LogP contribution in [0.5, 0.6) is 5.75 Å². The smallest absolute Gasteiger partial charge is 0.326 e. The van der Waals surface area contributed by atoms with Crippen LogP contribution in [0.4, 0.5) is 0 Å². The molecular weight excluding hydrogens is 454 g/mol. The van der Waals surface area contributed by atoms with Crippen LogP contribution in [0.3, 0.4) is 0 Å². The molecule has 4 unspecified atom stereocenters. The Labute approximate surface area is 206 Å². The third-order valence-electron chi connectivity index (χ3n) is 5.38. The quantitative estimate of drug-likeness (QED) is 0.166.